The number of guanidine groups is 1. The number of hydrogen-bond acceptors (Lipinski definition) is 4. The van der Waals surface area contributed by atoms with Crippen LogP contribution in [0.2, 0.25) is 0 Å². The molecule has 2 rings (SSSR count). The minimum atomic E-state index is -0.205. The Kier molecular flexibility index (Phi) is 8.31. The summed E-state index contributed by atoms with van der Waals surface area (Å²) in [6.07, 6.45) is 2.46. The lowest BCUT2D eigenvalue weighted by Gasteiger charge is -2.36. The highest BCUT2D eigenvalue weighted by molar-refractivity contribution is 5.80. The largest absolute Gasteiger partial charge is 0.450 e. The van der Waals surface area contributed by atoms with Crippen LogP contribution in [0.15, 0.2) is 4.99 Å². The second-order valence-corrected chi connectivity index (χ2v) is 6.96. The molecule has 1 amide bonds. The molecule has 144 valence electrons. The molecule has 7 heteroatoms. The number of nitrogens with one attached hydrogen (secondary N) is 1. The maximum Gasteiger partial charge on any atom is 0.409 e. The van der Waals surface area contributed by atoms with Gasteiger partial charge in [-0.25, -0.2) is 4.79 Å². The Morgan fingerprint density at radius 1 is 1.16 bits per heavy atom. The van der Waals surface area contributed by atoms with Crippen LogP contribution in [0.4, 0.5) is 4.79 Å². The zero-order chi connectivity index (χ0) is 18.1. The molecule has 1 unspecified atom stereocenters. The number of hydrogen-bond donors (Lipinski definition) is 1. The van der Waals surface area contributed by atoms with Crippen LogP contribution >= 0.6 is 0 Å². The minimum Gasteiger partial charge on any atom is -0.450 e. The van der Waals surface area contributed by atoms with Crippen molar-refractivity contribution in [3.8, 4) is 0 Å². The van der Waals surface area contributed by atoms with Crippen LogP contribution in [0.25, 0.3) is 0 Å². The Morgan fingerprint density at radius 2 is 1.88 bits per heavy atom. The number of rotatable bonds is 5. The molecule has 0 aromatic rings. The predicted octanol–water partition coefficient (Wildman–Crippen LogP) is 1.46. The van der Waals surface area contributed by atoms with Gasteiger partial charge in [0.1, 0.15) is 0 Å². The van der Waals surface area contributed by atoms with Gasteiger partial charge in [-0.15, -0.1) is 0 Å². The summed E-state index contributed by atoms with van der Waals surface area (Å²) >= 11 is 0. The van der Waals surface area contributed by atoms with Gasteiger partial charge in [0.05, 0.1) is 13.2 Å². The molecule has 0 aromatic carbocycles. The normalized spacial score (nSPS) is 22.8. The molecule has 0 radical (unpaired) electrons. The highest BCUT2D eigenvalue weighted by Gasteiger charge is 2.23. The Hall–Kier alpha value is -1.50. The number of piperazine rings is 1. The van der Waals surface area contributed by atoms with Crippen molar-refractivity contribution in [2.75, 3.05) is 65.5 Å². The van der Waals surface area contributed by atoms with E-state index < -0.39 is 0 Å². The van der Waals surface area contributed by atoms with Gasteiger partial charge in [0, 0.05) is 45.8 Å². The minimum absolute atomic E-state index is 0.205. The summed E-state index contributed by atoms with van der Waals surface area (Å²) in [4.78, 5) is 23.2. The molecule has 2 heterocycles. The van der Waals surface area contributed by atoms with Crippen LogP contribution in [-0.2, 0) is 4.74 Å². The first-order valence-corrected chi connectivity index (χ1v) is 9.81. The molecule has 0 spiro atoms. The lowest BCUT2D eigenvalue weighted by molar-refractivity contribution is 0.0914. The predicted molar refractivity (Wildman–Crippen MR) is 101 cm³/mol. The van der Waals surface area contributed by atoms with E-state index in [0.29, 0.717) is 19.7 Å². The standard InChI is InChI=1S/C18H35N5O2/c1-4-19-17(20-8-10-21-9-6-7-16(3)15-21)22-11-13-23(14-12-22)18(24)25-5-2/h16H,4-15H2,1-3H3,(H,19,20). The number of carbonyl (C=O) groups excluding carboxylic acids is 1. The summed E-state index contributed by atoms with van der Waals surface area (Å²) in [6, 6.07) is 0. The topological polar surface area (TPSA) is 60.4 Å². The average Bonchev–Trinajstić information content (AvgIpc) is 2.61. The molecule has 2 fully saturated rings. The van der Waals surface area contributed by atoms with E-state index >= 15 is 0 Å². The van der Waals surface area contributed by atoms with Crippen molar-refractivity contribution in [1.29, 1.82) is 0 Å². The van der Waals surface area contributed by atoms with Gasteiger partial charge in [0.2, 0.25) is 0 Å². The second-order valence-electron chi connectivity index (χ2n) is 6.96. The molecule has 0 bridgehead atoms. The lowest BCUT2D eigenvalue weighted by Crippen LogP contribution is -2.54. The van der Waals surface area contributed by atoms with Crippen LogP contribution < -0.4 is 5.32 Å². The van der Waals surface area contributed by atoms with Crippen LogP contribution in [0, 0.1) is 5.92 Å². The zero-order valence-corrected chi connectivity index (χ0v) is 16.2. The van der Waals surface area contributed by atoms with Gasteiger partial charge >= 0.3 is 6.09 Å². The molecule has 1 atom stereocenters. The van der Waals surface area contributed by atoms with Crippen molar-refractivity contribution in [2.24, 2.45) is 10.9 Å². The van der Waals surface area contributed by atoms with E-state index in [1.165, 1.54) is 25.9 Å². The van der Waals surface area contributed by atoms with Crippen molar-refractivity contribution in [3.05, 3.63) is 0 Å². The fourth-order valence-electron chi connectivity index (χ4n) is 3.53. The van der Waals surface area contributed by atoms with Gasteiger partial charge in [0.25, 0.3) is 0 Å². The molecule has 2 aliphatic rings. The van der Waals surface area contributed by atoms with E-state index in [9.17, 15) is 4.79 Å². The van der Waals surface area contributed by atoms with Crippen LogP contribution in [0.5, 0.6) is 0 Å². The summed E-state index contributed by atoms with van der Waals surface area (Å²) in [7, 11) is 0. The van der Waals surface area contributed by atoms with Crippen LogP contribution in [-0.4, -0.2) is 92.3 Å². The van der Waals surface area contributed by atoms with E-state index in [1.807, 2.05) is 6.92 Å². The zero-order valence-electron chi connectivity index (χ0n) is 16.2. The number of amides is 1. The third-order valence-corrected chi connectivity index (χ3v) is 4.86. The molecule has 0 saturated carbocycles. The number of aliphatic imine (C=N–C) groups is 1. The third-order valence-electron chi connectivity index (χ3n) is 4.86. The molecule has 2 aliphatic heterocycles. The fourth-order valence-corrected chi connectivity index (χ4v) is 3.53. The summed E-state index contributed by atoms with van der Waals surface area (Å²) in [5.41, 5.74) is 0. The fraction of sp³-hybridized carbons (Fsp3) is 0.889. The van der Waals surface area contributed by atoms with Gasteiger partial charge in [0.15, 0.2) is 5.96 Å². The van der Waals surface area contributed by atoms with Gasteiger partial charge in [-0.2, -0.15) is 0 Å². The lowest BCUT2D eigenvalue weighted by atomic mass is 10.0. The Morgan fingerprint density at radius 3 is 2.52 bits per heavy atom. The summed E-state index contributed by atoms with van der Waals surface area (Å²) in [5.74, 6) is 1.78. The van der Waals surface area contributed by atoms with Crippen LogP contribution in [0.3, 0.4) is 0 Å². The first-order chi connectivity index (χ1) is 12.1. The van der Waals surface area contributed by atoms with Crippen molar-refractivity contribution < 1.29 is 9.53 Å². The van der Waals surface area contributed by atoms with E-state index in [4.69, 9.17) is 9.73 Å². The Bertz CT molecular complexity index is 435. The number of ether oxygens (including phenoxy) is 1. The molecule has 0 aromatic heterocycles. The summed E-state index contributed by atoms with van der Waals surface area (Å²) in [5, 5.41) is 3.39. The highest BCUT2D eigenvalue weighted by atomic mass is 16.6. The smallest absolute Gasteiger partial charge is 0.409 e. The number of likely N-dealkylation sites (tertiary alicyclic amines) is 1. The second kappa shape index (κ2) is 10.5. The van der Waals surface area contributed by atoms with Crippen molar-refractivity contribution >= 4 is 12.1 Å². The van der Waals surface area contributed by atoms with Crippen molar-refractivity contribution in [3.63, 3.8) is 0 Å². The Labute approximate surface area is 152 Å². The summed E-state index contributed by atoms with van der Waals surface area (Å²) < 4.78 is 5.08. The number of carbonyl (C=O) groups is 1. The first-order valence-electron chi connectivity index (χ1n) is 9.81. The van der Waals surface area contributed by atoms with Crippen molar-refractivity contribution in [2.45, 2.75) is 33.6 Å². The molecule has 1 N–H and O–H groups in total. The first kappa shape index (κ1) is 19.8. The van der Waals surface area contributed by atoms with Gasteiger partial charge in [-0.3, -0.25) is 4.99 Å². The Balaban J connectivity index is 1.80. The van der Waals surface area contributed by atoms with Crippen molar-refractivity contribution in [1.82, 2.24) is 20.0 Å². The van der Waals surface area contributed by atoms with Gasteiger partial charge in [-0.1, -0.05) is 6.92 Å². The monoisotopic (exact) mass is 353 g/mol. The van der Waals surface area contributed by atoms with Crippen LogP contribution in [0.1, 0.15) is 33.6 Å². The molecule has 0 aliphatic carbocycles. The molecule has 2 saturated heterocycles. The summed E-state index contributed by atoms with van der Waals surface area (Å²) in [6.45, 7) is 14.8. The highest BCUT2D eigenvalue weighted by Crippen LogP contribution is 2.14. The maximum absolute atomic E-state index is 11.8. The molecular formula is C18H35N5O2. The number of piperidine rings is 1. The van der Waals surface area contributed by atoms with Gasteiger partial charge < -0.3 is 24.8 Å². The van der Waals surface area contributed by atoms with E-state index in [0.717, 1.165) is 44.6 Å². The van der Waals surface area contributed by atoms with E-state index in [2.05, 4.69) is 29.0 Å². The van der Waals surface area contributed by atoms with Gasteiger partial charge in [-0.05, 0) is 39.2 Å². The maximum atomic E-state index is 11.8. The van der Waals surface area contributed by atoms with E-state index in [1.54, 1.807) is 4.90 Å². The van der Waals surface area contributed by atoms with E-state index in [-0.39, 0.29) is 6.09 Å². The molecule has 25 heavy (non-hydrogen) atoms. The quantitative estimate of drug-likeness (QED) is 0.599. The molecule has 7 nitrogen and oxygen atoms in total. The number of nitrogens with zero attached hydrogens (tertiary/aromatic N) is 4. The third kappa shape index (κ3) is 6.38. The average molecular weight is 354 g/mol. The molecular weight excluding hydrogens is 318 g/mol. The SMILES string of the molecule is CCNC(=NCCN1CCCC(C)C1)N1CCN(C(=O)OCC)CC1.